The maximum absolute atomic E-state index is 12.8. The van der Waals surface area contributed by atoms with Gasteiger partial charge in [-0.2, -0.15) is 0 Å². The first-order valence-electron chi connectivity index (χ1n) is 6.68. The second kappa shape index (κ2) is 6.26. The Balaban J connectivity index is 1.55. The normalized spacial score (nSPS) is 14.9. The molecule has 0 N–H and O–H groups in total. The molecule has 1 fully saturated rings. The number of halogens is 1. The van der Waals surface area contributed by atoms with Gasteiger partial charge in [-0.3, -0.25) is 4.79 Å². The molecule has 0 spiro atoms. The Kier molecular flexibility index (Phi) is 4.19. The highest BCUT2D eigenvalue weighted by Gasteiger charge is 2.22. The molecule has 1 saturated heterocycles. The smallest absolute Gasteiger partial charge is 0.276 e. The van der Waals surface area contributed by atoms with Crippen LogP contribution in [0.4, 0.5) is 4.39 Å². The van der Waals surface area contributed by atoms with Crippen molar-refractivity contribution in [3.05, 3.63) is 41.5 Å². The largest absolute Gasteiger partial charge is 0.414 e. The van der Waals surface area contributed by atoms with E-state index in [-0.39, 0.29) is 11.7 Å². The zero-order valence-electron chi connectivity index (χ0n) is 11.3. The van der Waals surface area contributed by atoms with Crippen LogP contribution in [0.1, 0.15) is 24.3 Å². The van der Waals surface area contributed by atoms with Gasteiger partial charge in [-0.25, -0.2) is 4.39 Å². The lowest BCUT2D eigenvalue weighted by Gasteiger charge is -2.11. The third kappa shape index (κ3) is 3.60. The van der Waals surface area contributed by atoms with Crippen LogP contribution >= 0.6 is 11.8 Å². The number of carbonyl (C=O) groups excluding carboxylic acids is 1. The number of benzene rings is 1. The van der Waals surface area contributed by atoms with Crippen LogP contribution in [0, 0.1) is 5.82 Å². The molecule has 1 aromatic heterocycles. The third-order valence-electron chi connectivity index (χ3n) is 3.22. The van der Waals surface area contributed by atoms with Crippen molar-refractivity contribution in [3.8, 4) is 0 Å². The van der Waals surface area contributed by atoms with Crippen LogP contribution in [-0.2, 0) is 17.1 Å². The van der Waals surface area contributed by atoms with Crippen molar-refractivity contribution in [2.24, 2.45) is 0 Å². The van der Waals surface area contributed by atoms with Gasteiger partial charge in [0.15, 0.2) is 0 Å². The van der Waals surface area contributed by atoms with Crippen molar-refractivity contribution in [2.75, 3.05) is 6.54 Å². The number of aromatic nitrogens is 2. The molecule has 0 unspecified atom stereocenters. The maximum atomic E-state index is 12.8. The van der Waals surface area contributed by atoms with E-state index >= 15 is 0 Å². The van der Waals surface area contributed by atoms with Crippen LogP contribution in [0.3, 0.4) is 0 Å². The zero-order valence-corrected chi connectivity index (χ0v) is 12.1. The SMILES string of the molecule is O=C1CCCN1Cc1nnc(SCc2ccc(F)cc2)o1. The molecule has 0 aliphatic carbocycles. The van der Waals surface area contributed by atoms with E-state index in [4.69, 9.17) is 4.42 Å². The molecule has 0 atom stereocenters. The Labute approximate surface area is 125 Å². The summed E-state index contributed by atoms with van der Waals surface area (Å²) in [4.78, 5) is 13.2. The van der Waals surface area contributed by atoms with Crippen molar-refractivity contribution in [1.82, 2.24) is 15.1 Å². The number of likely N-dealkylation sites (tertiary alicyclic amines) is 1. The second-order valence-electron chi connectivity index (χ2n) is 4.80. The predicted molar refractivity (Wildman–Crippen MR) is 74.9 cm³/mol. The molecule has 0 bridgehead atoms. The Morgan fingerprint density at radius 1 is 1.29 bits per heavy atom. The minimum Gasteiger partial charge on any atom is -0.414 e. The number of hydrogen-bond donors (Lipinski definition) is 0. The number of carbonyl (C=O) groups is 1. The zero-order chi connectivity index (χ0) is 14.7. The van der Waals surface area contributed by atoms with Crippen LogP contribution in [0.25, 0.3) is 0 Å². The first-order valence-corrected chi connectivity index (χ1v) is 7.67. The molecule has 1 amide bonds. The summed E-state index contributed by atoms with van der Waals surface area (Å²) in [6.07, 6.45) is 1.49. The quantitative estimate of drug-likeness (QED) is 0.795. The second-order valence-corrected chi connectivity index (χ2v) is 5.72. The van der Waals surface area contributed by atoms with Crippen LogP contribution in [0.15, 0.2) is 33.9 Å². The van der Waals surface area contributed by atoms with E-state index in [0.29, 0.717) is 29.8 Å². The summed E-state index contributed by atoms with van der Waals surface area (Å²) in [6.45, 7) is 1.13. The topological polar surface area (TPSA) is 59.2 Å². The van der Waals surface area contributed by atoms with Crippen LogP contribution in [0.2, 0.25) is 0 Å². The van der Waals surface area contributed by atoms with E-state index in [2.05, 4.69) is 10.2 Å². The monoisotopic (exact) mass is 307 g/mol. The van der Waals surface area contributed by atoms with Crippen molar-refractivity contribution >= 4 is 17.7 Å². The van der Waals surface area contributed by atoms with Gasteiger partial charge in [-0.05, 0) is 24.1 Å². The van der Waals surface area contributed by atoms with E-state index in [0.717, 1.165) is 18.5 Å². The standard InChI is InChI=1S/C14H14FN3O2S/c15-11-5-3-10(4-6-11)9-21-14-17-16-12(20-14)8-18-7-1-2-13(18)19/h3-6H,1-2,7-9H2. The van der Waals surface area contributed by atoms with E-state index in [1.165, 1.54) is 23.9 Å². The Morgan fingerprint density at radius 2 is 2.10 bits per heavy atom. The molecule has 21 heavy (non-hydrogen) atoms. The first kappa shape index (κ1) is 14.1. The van der Waals surface area contributed by atoms with Gasteiger partial charge in [0.2, 0.25) is 11.8 Å². The average molecular weight is 307 g/mol. The number of hydrogen-bond acceptors (Lipinski definition) is 5. The molecule has 0 radical (unpaired) electrons. The number of amides is 1. The number of rotatable bonds is 5. The maximum Gasteiger partial charge on any atom is 0.276 e. The molecule has 5 nitrogen and oxygen atoms in total. The molecule has 2 heterocycles. The van der Waals surface area contributed by atoms with Gasteiger partial charge in [-0.1, -0.05) is 23.9 Å². The lowest BCUT2D eigenvalue weighted by Crippen LogP contribution is -2.23. The lowest BCUT2D eigenvalue weighted by molar-refractivity contribution is -0.128. The molecule has 3 rings (SSSR count). The fourth-order valence-corrected chi connectivity index (χ4v) is 2.86. The molecule has 1 aromatic carbocycles. The van der Waals surface area contributed by atoms with E-state index in [1.807, 2.05) is 0 Å². The molecular weight excluding hydrogens is 293 g/mol. The molecule has 1 aliphatic rings. The van der Waals surface area contributed by atoms with Gasteiger partial charge in [0.1, 0.15) is 5.82 Å². The summed E-state index contributed by atoms with van der Waals surface area (Å²) in [5.74, 6) is 0.963. The van der Waals surface area contributed by atoms with E-state index < -0.39 is 0 Å². The first-order chi connectivity index (χ1) is 10.2. The van der Waals surface area contributed by atoms with Gasteiger partial charge in [0.25, 0.3) is 5.22 Å². The Hall–Kier alpha value is -1.89. The minimum atomic E-state index is -0.251. The number of thioether (sulfide) groups is 1. The molecule has 110 valence electrons. The Morgan fingerprint density at radius 3 is 2.81 bits per heavy atom. The fourth-order valence-electron chi connectivity index (χ4n) is 2.12. The van der Waals surface area contributed by atoms with Gasteiger partial charge in [-0.15, -0.1) is 10.2 Å². The Bertz CT molecular complexity index is 629. The summed E-state index contributed by atoms with van der Waals surface area (Å²) in [6, 6.07) is 6.30. The van der Waals surface area contributed by atoms with E-state index in [9.17, 15) is 9.18 Å². The van der Waals surface area contributed by atoms with Crippen molar-refractivity contribution in [2.45, 2.75) is 30.4 Å². The molecule has 0 saturated carbocycles. The highest BCUT2D eigenvalue weighted by molar-refractivity contribution is 7.98. The van der Waals surface area contributed by atoms with Crippen molar-refractivity contribution < 1.29 is 13.6 Å². The van der Waals surface area contributed by atoms with Crippen LogP contribution < -0.4 is 0 Å². The average Bonchev–Trinajstić information content (AvgIpc) is 3.09. The number of nitrogens with zero attached hydrogens (tertiary/aromatic N) is 3. The lowest BCUT2D eigenvalue weighted by atomic mass is 10.2. The van der Waals surface area contributed by atoms with Gasteiger partial charge < -0.3 is 9.32 Å². The minimum absolute atomic E-state index is 0.133. The third-order valence-corrected chi connectivity index (χ3v) is 4.11. The fraction of sp³-hybridized carbons (Fsp3) is 0.357. The van der Waals surface area contributed by atoms with Crippen molar-refractivity contribution in [1.29, 1.82) is 0 Å². The highest BCUT2D eigenvalue weighted by Crippen LogP contribution is 2.22. The van der Waals surface area contributed by atoms with Crippen molar-refractivity contribution in [3.63, 3.8) is 0 Å². The summed E-state index contributed by atoms with van der Waals surface area (Å²) < 4.78 is 18.3. The predicted octanol–water partition coefficient (Wildman–Crippen LogP) is 2.62. The summed E-state index contributed by atoms with van der Waals surface area (Å²) in [5, 5.41) is 8.36. The molecule has 2 aromatic rings. The summed E-state index contributed by atoms with van der Waals surface area (Å²) in [5.41, 5.74) is 0.982. The summed E-state index contributed by atoms with van der Waals surface area (Å²) >= 11 is 1.39. The van der Waals surface area contributed by atoms with E-state index in [1.54, 1.807) is 17.0 Å². The van der Waals surface area contributed by atoms with Gasteiger partial charge in [0, 0.05) is 18.7 Å². The molecule has 7 heteroatoms. The van der Waals surface area contributed by atoms with Crippen LogP contribution in [-0.4, -0.2) is 27.5 Å². The van der Waals surface area contributed by atoms with Gasteiger partial charge in [0.05, 0.1) is 6.54 Å². The highest BCUT2D eigenvalue weighted by atomic mass is 32.2. The molecular formula is C14H14FN3O2S. The summed E-state index contributed by atoms with van der Waals surface area (Å²) in [7, 11) is 0. The van der Waals surface area contributed by atoms with Crippen LogP contribution in [0.5, 0.6) is 0 Å². The molecule has 1 aliphatic heterocycles. The van der Waals surface area contributed by atoms with Gasteiger partial charge >= 0.3 is 0 Å².